The van der Waals surface area contributed by atoms with Gasteiger partial charge in [0, 0.05) is 23.4 Å². The van der Waals surface area contributed by atoms with Crippen molar-refractivity contribution in [2.75, 3.05) is 0 Å². The van der Waals surface area contributed by atoms with Crippen LogP contribution in [0.5, 0.6) is 0 Å². The largest absolute Gasteiger partial charge is 0.409 e. The third kappa shape index (κ3) is 4.04. The Morgan fingerprint density at radius 1 is 0.719 bits per heavy atom. The SMILES string of the molecule is CC(C)[Si](OC(Cc1c[nH]c2c1ccc1ccccc12)c1ccccc1)(C(C)C)C(C)C. The molecule has 1 heterocycles. The summed E-state index contributed by atoms with van der Waals surface area (Å²) in [5.41, 5.74) is 5.51. The van der Waals surface area contributed by atoms with Gasteiger partial charge in [0.2, 0.25) is 8.32 Å². The third-order valence-corrected chi connectivity index (χ3v) is 13.4. The molecule has 3 heteroatoms. The highest BCUT2D eigenvalue weighted by molar-refractivity contribution is 6.77. The van der Waals surface area contributed by atoms with Crippen molar-refractivity contribution in [2.45, 2.75) is 70.7 Å². The molecule has 1 aromatic heterocycles. The zero-order valence-corrected chi connectivity index (χ0v) is 21.4. The lowest BCUT2D eigenvalue weighted by molar-refractivity contribution is 0.176. The van der Waals surface area contributed by atoms with Crippen LogP contribution >= 0.6 is 0 Å². The van der Waals surface area contributed by atoms with Gasteiger partial charge >= 0.3 is 0 Å². The molecular formula is C29H37NOSi. The molecule has 4 rings (SSSR count). The molecule has 1 atom stereocenters. The summed E-state index contributed by atoms with van der Waals surface area (Å²) in [5, 5.41) is 3.86. The number of benzene rings is 3. The molecule has 0 aliphatic rings. The minimum atomic E-state index is -2.03. The lowest BCUT2D eigenvalue weighted by atomic mass is 9.99. The molecule has 0 spiro atoms. The first-order valence-electron chi connectivity index (χ1n) is 12.0. The number of aromatic amines is 1. The second-order valence-corrected chi connectivity index (χ2v) is 15.5. The number of H-pyrrole nitrogens is 1. The minimum Gasteiger partial charge on any atom is -0.409 e. The van der Waals surface area contributed by atoms with Crippen LogP contribution in [-0.2, 0) is 10.8 Å². The van der Waals surface area contributed by atoms with Crippen LogP contribution in [0.3, 0.4) is 0 Å². The molecule has 0 bridgehead atoms. The van der Waals surface area contributed by atoms with E-state index < -0.39 is 8.32 Å². The summed E-state index contributed by atoms with van der Waals surface area (Å²) in [6.45, 7) is 14.2. The number of nitrogens with one attached hydrogen (secondary N) is 1. The zero-order valence-electron chi connectivity index (χ0n) is 20.4. The maximum absolute atomic E-state index is 7.34. The van der Waals surface area contributed by atoms with Crippen LogP contribution in [0.1, 0.15) is 58.8 Å². The van der Waals surface area contributed by atoms with Crippen molar-refractivity contribution in [3.05, 3.63) is 84.1 Å². The van der Waals surface area contributed by atoms with Crippen LogP contribution in [0.4, 0.5) is 0 Å². The van der Waals surface area contributed by atoms with E-state index in [4.69, 9.17) is 4.43 Å². The fourth-order valence-corrected chi connectivity index (χ4v) is 11.4. The zero-order chi connectivity index (χ0) is 22.9. The fraction of sp³-hybridized carbons (Fsp3) is 0.379. The lowest BCUT2D eigenvalue weighted by Crippen LogP contribution is -2.48. The first-order valence-corrected chi connectivity index (χ1v) is 14.2. The molecule has 0 aliphatic carbocycles. The molecule has 0 saturated heterocycles. The predicted octanol–water partition coefficient (Wildman–Crippen LogP) is 8.80. The van der Waals surface area contributed by atoms with E-state index in [-0.39, 0.29) is 6.10 Å². The van der Waals surface area contributed by atoms with Crippen molar-refractivity contribution in [3.63, 3.8) is 0 Å². The molecule has 0 radical (unpaired) electrons. The van der Waals surface area contributed by atoms with Gasteiger partial charge in [-0.1, -0.05) is 108 Å². The maximum Gasteiger partial charge on any atom is 0.201 e. The molecule has 168 valence electrons. The van der Waals surface area contributed by atoms with Crippen molar-refractivity contribution in [1.29, 1.82) is 0 Å². The Bertz CT molecular complexity index is 1150. The number of hydrogen-bond donors (Lipinski definition) is 1. The Morgan fingerprint density at radius 2 is 1.34 bits per heavy atom. The molecule has 3 aromatic carbocycles. The van der Waals surface area contributed by atoms with Crippen LogP contribution in [0, 0.1) is 0 Å². The molecule has 1 N–H and O–H groups in total. The van der Waals surface area contributed by atoms with Crippen LogP contribution in [0.2, 0.25) is 16.6 Å². The predicted molar refractivity (Wildman–Crippen MR) is 141 cm³/mol. The molecule has 0 fully saturated rings. The summed E-state index contributed by atoms with van der Waals surface area (Å²) in [6.07, 6.45) is 3.13. The van der Waals surface area contributed by atoms with E-state index >= 15 is 0 Å². The summed E-state index contributed by atoms with van der Waals surface area (Å²) in [6, 6.07) is 23.9. The summed E-state index contributed by atoms with van der Waals surface area (Å²) in [7, 11) is -2.03. The first-order chi connectivity index (χ1) is 15.3. The van der Waals surface area contributed by atoms with Gasteiger partial charge < -0.3 is 9.41 Å². The summed E-state index contributed by atoms with van der Waals surface area (Å²) in [4.78, 5) is 3.57. The second kappa shape index (κ2) is 9.25. The molecule has 4 aromatic rings. The molecule has 0 saturated carbocycles. The summed E-state index contributed by atoms with van der Waals surface area (Å²) in [5.74, 6) is 0. The van der Waals surface area contributed by atoms with Gasteiger partial charge in [-0.2, -0.15) is 0 Å². The highest BCUT2D eigenvalue weighted by Crippen LogP contribution is 2.46. The molecular weight excluding hydrogens is 406 g/mol. The fourth-order valence-electron chi connectivity index (χ4n) is 5.85. The van der Waals surface area contributed by atoms with Crippen molar-refractivity contribution < 1.29 is 4.43 Å². The second-order valence-electron chi connectivity index (χ2n) is 10.1. The Kier molecular flexibility index (Phi) is 6.59. The molecule has 0 amide bonds. The Hall–Kier alpha value is -2.36. The van der Waals surface area contributed by atoms with Crippen molar-refractivity contribution in [1.82, 2.24) is 4.98 Å². The third-order valence-electron chi connectivity index (χ3n) is 7.30. The van der Waals surface area contributed by atoms with Crippen LogP contribution in [0.25, 0.3) is 21.7 Å². The molecule has 0 aliphatic heterocycles. The lowest BCUT2D eigenvalue weighted by Gasteiger charge is -2.45. The standard InChI is InChI=1S/C29H37NOSi/c1-20(2)32(21(3)4,22(5)6)31-28(24-13-8-7-9-14-24)18-25-19-30-29-26-15-11-10-12-23(26)16-17-27(25)29/h7-17,19-22,28,30H,18H2,1-6H3. The van der Waals surface area contributed by atoms with E-state index in [1.807, 2.05) is 0 Å². The number of hydrogen-bond acceptors (Lipinski definition) is 1. The van der Waals surface area contributed by atoms with E-state index in [9.17, 15) is 0 Å². The monoisotopic (exact) mass is 443 g/mol. The highest BCUT2D eigenvalue weighted by Gasteiger charge is 2.46. The van der Waals surface area contributed by atoms with Crippen LogP contribution in [0.15, 0.2) is 72.9 Å². The average molecular weight is 444 g/mol. The van der Waals surface area contributed by atoms with Gasteiger partial charge in [0.15, 0.2) is 0 Å². The van der Waals surface area contributed by atoms with E-state index in [1.165, 1.54) is 32.8 Å². The Balaban J connectivity index is 1.78. The summed E-state index contributed by atoms with van der Waals surface area (Å²) >= 11 is 0. The van der Waals surface area contributed by atoms with E-state index in [0.717, 1.165) is 6.42 Å². The normalized spacial score (nSPS) is 13.7. The van der Waals surface area contributed by atoms with Gasteiger partial charge in [0.1, 0.15) is 0 Å². The number of fused-ring (bicyclic) bond motifs is 3. The van der Waals surface area contributed by atoms with Crippen molar-refractivity contribution in [3.8, 4) is 0 Å². The summed E-state index contributed by atoms with van der Waals surface area (Å²) < 4.78 is 7.34. The van der Waals surface area contributed by atoms with Gasteiger partial charge in [0.25, 0.3) is 0 Å². The Labute approximate surface area is 194 Å². The average Bonchev–Trinajstić information content (AvgIpc) is 3.19. The smallest absolute Gasteiger partial charge is 0.201 e. The van der Waals surface area contributed by atoms with Gasteiger partial charge in [0.05, 0.1) is 11.6 Å². The van der Waals surface area contributed by atoms with Crippen molar-refractivity contribution in [2.24, 2.45) is 0 Å². The Morgan fingerprint density at radius 3 is 2.00 bits per heavy atom. The van der Waals surface area contributed by atoms with E-state index in [2.05, 4.69) is 119 Å². The highest BCUT2D eigenvalue weighted by atomic mass is 28.4. The quantitative estimate of drug-likeness (QED) is 0.270. The van der Waals surface area contributed by atoms with Gasteiger partial charge in [-0.15, -0.1) is 0 Å². The number of aromatic nitrogens is 1. The van der Waals surface area contributed by atoms with Gasteiger partial charge in [-0.05, 0) is 33.1 Å². The number of rotatable bonds is 8. The van der Waals surface area contributed by atoms with Crippen LogP contribution < -0.4 is 0 Å². The van der Waals surface area contributed by atoms with Gasteiger partial charge in [-0.25, -0.2) is 0 Å². The van der Waals surface area contributed by atoms with Crippen molar-refractivity contribution >= 4 is 30.0 Å². The topological polar surface area (TPSA) is 25.0 Å². The maximum atomic E-state index is 7.34. The first kappa shape index (κ1) is 22.8. The van der Waals surface area contributed by atoms with Crippen LogP contribution in [-0.4, -0.2) is 13.3 Å². The van der Waals surface area contributed by atoms with E-state index in [1.54, 1.807) is 0 Å². The van der Waals surface area contributed by atoms with E-state index in [0.29, 0.717) is 16.6 Å². The molecule has 1 unspecified atom stereocenters. The minimum absolute atomic E-state index is 0.0561. The van der Waals surface area contributed by atoms with Gasteiger partial charge in [-0.3, -0.25) is 0 Å². The molecule has 2 nitrogen and oxygen atoms in total. The molecule has 32 heavy (non-hydrogen) atoms.